The Bertz CT molecular complexity index is 2210. The number of fused-ring (bicyclic) bond motifs is 3. The van der Waals surface area contributed by atoms with Crippen molar-refractivity contribution < 1.29 is 41.9 Å². The van der Waals surface area contributed by atoms with Crippen molar-refractivity contribution in [1.82, 2.24) is 0 Å². The van der Waals surface area contributed by atoms with E-state index in [0.717, 1.165) is 23.6 Å². The first-order valence-electron chi connectivity index (χ1n) is 18.2. The highest BCUT2D eigenvalue weighted by atomic mass is 32.2. The highest BCUT2D eigenvalue weighted by Crippen LogP contribution is 2.53. The average molecular weight is 730 g/mol. The number of aliphatic hydroxyl groups is 1. The van der Waals surface area contributed by atoms with Crippen LogP contribution < -0.4 is 4.90 Å². The number of hydrogen-bond acceptors (Lipinski definition) is 6. The quantitative estimate of drug-likeness (QED) is 0.0943. The molecule has 0 bridgehead atoms. The molecule has 0 radical (unpaired) electrons. The Kier molecular flexibility index (Phi) is 9.10. The second kappa shape index (κ2) is 12.7. The van der Waals surface area contributed by atoms with E-state index in [2.05, 4.69) is 70.1 Å². The van der Waals surface area contributed by atoms with Gasteiger partial charge >= 0.3 is 5.97 Å². The molecule has 3 heterocycles. The van der Waals surface area contributed by atoms with E-state index in [1.807, 2.05) is 24.5 Å². The zero-order valence-electron chi connectivity index (χ0n) is 31.7. The lowest BCUT2D eigenvalue weighted by Gasteiger charge is -2.28. The molecule has 3 N–H and O–H groups in total. The lowest BCUT2D eigenvalue weighted by molar-refractivity contribution is -0.438. The number of likely N-dealkylation sites (N-methyl/N-ethyl adjacent to an activating group) is 1. The normalized spacial score (nSPS) is 21.3. The molecule has 0 aromatic heterocycles. The van der Waals surface area contributed by atoms with Gasteiger partial charge in [0.25, 0.3) is 10.1 Å². The Morgan fingerprint density at radius 1 is 0.865 bits per heavy atom. The average Bonchev–Trinajstić information content (AvgIpc) is 3.50. The van der Waals surface area contributed by atoms with Crippen molar-refractivity contribution in [3.8, 4) is 0 Å². The number of nitrogens with zero attached hydrogens (tertiary/aromatic N) is 3. The van der Waals surface area contributed by atoms with E-state index in [-0.39, 0.29) is 39.4 Å². The second-order valence-corrected chi connectivity index (χ2v) is 17.3. The summed E-state index contributed by atoms with van der Waals surface area (Å²) in [7, 11) is -4.46. The number of hydrogen-bond donors (Lipinski definition) is 3. The second-order valence-electron chi connectivity index (χ2n) is 15.9. The van der Waals surface area contributed by atoms with Gasteiger partial charge in [-0.1, -0.05) is 13.8 Å². The van der Waals surface area contributed by atoms with Gasteiger partial charge in [-0.15, -0.1) is 0 Å². The number of carboxylic acids is 1. The summed E-state index contributed by atoms with van der Waals surface area (Å²) in [5.74, 6) is -1.22. The van der Waals surface area contributed by atoms with Crippen LogP contribution in [0.15, 0.2) is 70.0 Å². The van der Waals surface area contributed by atoms with Gasteiger partial charge in [-0.3, -0.25) is 14.1 Å². The molecular weight excluding hydrogens is 679 g/mol. The molecule has 0 spiro atoms. The maximum Gasteiger partial charge on any atom is 0.303 e. The van der Waals surface area contributed by atoms with Crippen molar-refractivity contribution >= 4 is 50.4 Å². The zero-order valence-corrected chi connectivity index (χ0v) is 32.5. The number of carbonyl (C=O) groups excluding carboxylic acids is 1. The minimum atomic E-state index is -4.46. The number of ketones is 1. The Hall–Kier alpha value is -4.35. The summed E-state index contributed by atoms with van der Waals surface area (Å²) >= 11 is 0. The fourth-order valence-corrected chi connectivity index (χ4v) is 9.08. The molecule has 6 rings (SSSR count). The summed E-state index contributed by atoms with van der Waals surface area (Å²) < 4.78 is 38.3. The maximum atomic E-state index is 14.0. The molecular formula is C41H51N3O7S+2. The number of anilines is 1. The van der Waals surface area contributed by atoms with Crippen LogP contribution in [0.3, 0.4) is 0 Å². The third-order valence-electron chi connectivity index (χ3n) is 11.9. The Morgan fingerprint density at radius 2 is 1.54 bits per heavy atom. The first-order chi connectivity index (χ1) is 24.2. The van der Waals surface area contributed by atoms with Crippen LogP contribution in [-0.2, 0) is 36.0 Å². The Labute approximate surface area is 306 Å². The molecule has 0 saturated carbocycles. The fourth-order valence-electron chi connectivity index (χ4n) is 8.57. The molecule has 52 heavy (non-hydrogen) atoms. The van der Waals surface area contributed by atoms with Crippen molar-refractivity contribution in [2.45, 2.75) is 109 Å². The van der Waals surface area contributed by atoms with E-state index >= 15 is 0 Å². The topological polar surface area (TPSA) is 138 Å². The number of aliphatic carboxylic acids is 1. The predicted octanol–water partition coefficient (Wildman–Crippen LogP) is 7.39. The largest absolute Gasteiger partial charge is 0.506 e. The van der Waals surface area contributed by atoms with Crippen molar-refractivity contribution in [3.05, 3.63) is 81.8 Å². The van der Waals surface area contributed by atoms with Crippen LogP contribution in [0.5, 0.6) is 0 Å². The van der Waals surface area contributed by atoms with Crippen LogP contribution >= 0.6 is 0 Å². The molecule has 0 fully saturated rings. The standard InChI is InChI=1S/C41H49N3O7S/c1-10-42-24(3)39(4,5)29-22-33-30(23-32(29)42)41(8,9)34(43(33)11-2)20-26-37(47)27(38(26)48)21-35-40(6,7)28-19-25(52(49,50)51)16-17-31(28)44(35)18-14-12-13-15-36(45)46/h16-17,19-23H,10-15,18H2,1-9H3,(H-2,45,46,47,48,49,50,51)/p+2. The maximum absolute atomic E-state index is 14.0. The van der Waals surface area contributed by atoms with Crippen LogP contribution in [0.25, 0.3) is 0 Å². The molecule has 0 atom stereocenters. The van der Waals surface area contributed by atoms with Gasteiger partial charge in [0.2, 0.25) is 17.2 Å². The van der Waals surface area contributed by atoms with Gasteiger partial charge in [-0.25, -0.2) is 0 Å². The van der Waals surface area contributed by atoms with Crippen molar-refractivity contribution in [1.29, 1.82) is 0 Å². The van der Waals surface area contributed by atoms with Crippen LogP contribution in [0.1, 0.15) is 105 Å². The monoisotopic (exact) mass is 729 g/mol. The fraction of sp³-hybridized carbons (Fsp3) is 0.463. The van der Waals surface area contributed by atoms with Crippen LogP contribution in [0, 0.1) is 0 Å². The summed E-state index contributed by atoms with van der Waals surface area (Å²) in [4.78, 5) is 27.0. The van der Waals surface area contributed by atoms with Crippen LogP contribution in [0.4, 0.5) is 17.1 Å². The van der Waals surface area contributed by atoms with E-state index in [0.29, 0.717) is 43.6 Å². The number of carboxylic acid groups (broad SMARTS) is 1. The minimum Gasteiger partial charge on any atom is -0.506 e. The number of unbranched alkanes of at least 4 members (excludes halogenated alkanes) is 2. The molecule has 0 saturated heterocycles. The first kappa shape index (κ1) is 37.4. The predicted molar refractivity (Wildman–Crippen MR) is 203 cm³/mol. The molecule has 3 aliphatic heterocycles. The lowest BCUT2D eigenvalue weighted by atomic mass is 9.77. The number of rotatable bonds is 11. The van der Waals surface area contributed by atoms with Crippen molar-refractivity contribution in [3.63, 3.8) is 0 Å². The molecule has 2 aromatic carbocycles. The van der Waals surface area contributed by atoms with Gasteiger partial charge in [0.15, 0.2) is 11.4 Å². The smallest absolute Gasteiger partial charge is 0.303 e. The molecule has 10 nitrogen and oxygen atoms in total. The third-order valence-corrected chi connectivity index (χ3v) is 12.8. The molecule has 0 unspecified atom stereocenters. The summed E-state index contributed by atoms with van der Waals surface area (Å²) in [5.41, 5.74) is 8.20. The van der Waals surface area contributed by atoms with Gasteiger partial charge in [0.1, 0.15) is 18.8 Å². The summed E-state index contributed by atoms with van der Waals surface area (Å²) in [5, 5.41) is 20.6. The summed E-state index contributed by atoms with van der Waals surface area (Å²) in [6.07, 6.45) is 5.43. The SMILES string of the molecule is CCN1C(=CC2=C(O)C(=CC3=[N+](CCCCCC(=O)O)c4ccc(S(=O)(=O)O)cc4C3(C)C)C2=O)C(C)(C)c2cc3c(cc21)C(C)(C)C(C)=[N+]3CC. The molecule has 276 valence electrons. The molecule has 0 amide bonds. The van der Waals surface area contributed by atoms with Gasteiger partial charge in [0.05, 0.1) is 26.9 Å². The number of allylic oxidation sites excluding steroid dienone is 5. The van der Waals surface area contributed by atoms with Crippen LogP contribution in [-0.4, -0.2) is 75.1 Å². The molecule has 2 aromatic rings. The lowest BCUT2D eigenvalue weighted by Crippen LogP contribution is -2.32. The summed E-state index contributed by atoms with van der Waals surface area (Å²) in [6, 6.07) is 9.06. The molecule has 11 heteroatoms. The third kappa shape index (κ3) is 5.67. The number of aliphatic hydroxyl groups excluding tert-OH is 1. The van der Waals surface area contributed by atoms with E-state index in [1.54, 1.807) is 12.1 Å². The van der Waals surface area contributed by atoms with Crippen LogP contribution in [0.2, 0.25) is 0 Å². The van der Waals surface area contributed by atoms with E-state index in [4.69, 9.17) is 5.11 Å². The van der Waals surface area contributed by atoms with E-state index in [1.165, 1.54) is 34.7 Å². The Balaban J connectivity index is 1.40. The van der Waals surface area contributed by atoms with Gasteiger partial charge in [-0.2, -0.15) is 17.6 Å². The molecule has 4 aliphatic rings. The van der Waals surface area contributed by atoms with Gasteiger partial charge in [0, 0.05) is 72.4 Å². The number of carbonyl (C=O) groups is 2. The molecule has 1 aliphatic carbocycles. The first-order valence-corrected chi connectivity index (χ1v) is 19.6. The highest BCUT2D eigenvalue weighted by molar-refractivity contribution is 7.85. The highest BCUT2D eigenvalue weighted by Gasteiger charge is 2.50. The number of benzene rings is 2. The minimum absolute atomic E-state index is 0.0684. The summed E-state index contributed by atoms with van der Waals surface area (Å²) in [6.45, 7) is 21.2. The van der Waals surface area contributed by atoms with Crippen molar-refractivity contribution in [2.75, 3.05) is 24.5 Å². The van der Waals surface area contributed by atoms with Gasteiger partial charge in [-0.05, 0) is 84.2 Å². The van der Waals surface area contributed by atoms with Crippen molar-refractivity contribution in [2.24, 2.45) is 0 Å². The van der Waals surface area contributed by atoms with Gasteiger partial charge < -0.3 is 15.1 Å². The zero-order chi connectivity index (χ0) is 38.3. The Morgan fingerprint density at radius 3 is 2.13 bits per heavy atom. The van der Waals surface area contributed by atoms with E-state index in [9.17, 15) is 27.7 Å². The van der Waals surface area contributed by atoms with E-state index < -0.39 is 26.9 Å². The number of Topliss-reactive ketones (excluding diaryl/α,β-unsaturated/α-hetero) is 1.